The molecule has 0 aliphatic rings. The third-order valence-corrected chi connectivity index (χ3v) is 10.9. The van der Waals surface area contributed by atoms with Crippen molar-refractivity contribution in [2.45, 2.75) is 49.6 Å². The van der Waals surface area contributed by atoms with Crippen LogP contribution in [0.4, 0.5) is 5.69 Å². The standard InChI is InChI=1S/C37H41Cl2N3O5S2/c1-5-47-35-17-10-9-16-33(35)42(49(45,46)29-20-18-28(48-4)19-21-29)25-36(43)41(24-30-31(38)14-11-15-32(30)39)34(37(44)40-23-26(2)3)22-27-12-7-6-8-13-27/h6-21,26,34H,5,22-25H2,1-4H3,(H,40,44)/t34-/m0/s1. The summed E-state index contributed by atoms with van der Waals surface area (Å²) in [5.41, 5.74) is 1.44. The van der Waals surface area contributed by atoms with Crippen molar-refractivity contribution >= 4 is 62.5 Å². The highest BCUT2D eigenvalue weighted by atomic mass is 35.5. The van der Waals surface area contributed by atoms with Crippen LogP contribution in [-0.4, -0.2) is 57.1 Å². The molecule has 0 saturated heterocycles. The second-order valence-corrected chi connectivity index (χ2v) is 15.2. The molecule has 0 fully saturated rings. The quantitative estimate of drug-likeness (QED) is 0.118. The molecule has 2 amide bonds. The minimum Gasteiger partial charge on any atom is -0.492 e. The summed E-state index contributed by atoms with van der Waals surface area (Å²) in [4.78, 5) is 31.1. The number of carbonyl (C=O) groups is 2. The van der Waals surface area contributed by atoms with Gasteiger partial charge in [0.25, 0.3) is 10.0 Å². The summed E-state index contributed by atoms with van der Waals surface area (Å²) < 4.78 is 35.8. The van der Waals surface area contributed by atoms with E-state index in [1.807, 2.05) is 50.4 Å². The summed E-state index contributed by atoms with van der Waals surface area (Å²) in [6.45, 7) is 5.61. The van der Waals surface area contributed by atoms with E-state index in [9.17, 15) is 18.0 Å². The molecule has 0 saturated carbocycles. The third-order valence-electron chi connectivity index (χ3n) is 7.71. The monoisotopic (exact) mass is 741 g/mol. The van der Waals surface area contributed by atoms with Gasteiger partial charge in [-0.2, -0.15) is 0 Å². The minimum atomic E-state index is -4.32. The Labute approximate surface area is 303 Å². The predicted molar refractivity (Wildman–Crippen MR) is 199 cm³/mol. The molecule has 0 bridgehead atoms. The van der Waals surface area contributed by atoms with Crippen molar-refractivity contribution in [1.82, 2.24) is 10.2 Å². The Balaban J connectivity index is 1.87. The van der Waals surface area contributed by atoms with Crippen LogP contribution in [0.25, 0.3) is 0 Å². The van der Waals surface area contributed by atoms with Gasteiger partial charge in [0.05, 0.1) is 17.2 Å². The molecule has 1 atom stereocenters. The molecule has 0 unspecified atom stereocenters. The molecule has 0 heterocycles. The highest BCUT2D eigenvalue weighted by molar-refractivity contribution is 7.98. The summed E-state index contributed by atoms with van der Waals surface area (Å²) >= 11 is 14.7. The van der Waals surface area contributed by atoms with Gasteiger partial charge in [-0.3, -0.25) is 13.9 Å². The lowest BCUT2D eigenvalue weighted by Gasteiger charge is -2.34. The third kappa shape index (κ3) is 9.94. The number of rotatable bonds is 16. The van der Waals surface area contributed by atoms with Gasteiger partial charge in [0, 0.05) is 40.0 Å². The summed E-state index contributed by atoms with van der Waals surface area (Å²) in [5.74, 6) is -0.576. The summed E-state index contributed by atoms with van der Waals surface area (Å²) in [6.07, 6.45) is 2.06. The molecule has 260 valence electrons. The second kappa shape index (κ2) is 17.8. The molecule has 4 rings (SSSR count). The second-order valence-electron chi connectivity index (χ2n) is 11.7. The van der Waals surface area contributed by atoms with Crippen molar-refractivity contribution in [2.75, 3.05) is 30.3 Å². The fraction of sp³-hybridized carbons (Fsp3) is 0.297. The first-order chi connectivity index (χ1) is 23.5. The van der Waals surface area contributed by atoms with E-state index in [1.165, 1.54) is 28.8 Å². The van der Waals surface area contributed by atoms with Crippen molar-refractivity contribution in [2.24, 2.45) is 5.92 Å². The highest BCUT2D eigenvalue weighted by Gasteiger charge is 2.36. The van der Waals surface area contributed by atoms with E-state index in [-0.39, 0.29) is 42.0 Å². The SMILES string of the molecule is CCOc1ccccc1N(CC(=O)N(Cc1c(Cl)cccc1Cl)[C@@H](Cc1ccccc1)C(=O)NCC(C)C)S(=O)(=O)c1ccc(SC)cc1. The van der Waals surface area contributed by atoms with Crippen molar-refractivity contribution in [1.29, 1.82) is 0 Å². The fourth-order valence-corrected chi connectivity index (χ4v) is 7.51. The Morgan fingerprint density at radius 2 is 1.51 bits per heavy atom. The van der Waals surface area contributed by atoms with Crippen molar-refractivity contribution in [3.05, 3.63) is 118 Å². The fourth-order valence-electron chi connectivity index (χ4n) is 5.16. The molecule has 0 aliphatic carbocycles. The molecule has 8 nitrogen and oxygen atoms in total. The topological polar surface area (TPSA) is 96.0 Å². The molecule has 0 radical (unpaired) electrons. The molecular formula is C37H41Cl2N3O5S2. The highest BCUT2D eigenvalue weighted by Crippen LogP contribution is 2.34. The largest absolute Gasteiger partial charge is 0.492 e. The van der Waals surface area contributed by atoms with Crippen LogP contribution >= 0.6 is 35.0 Å². The number of nitrogens with zero attached hydrogens (tertiary/aromatic N) is 2. The van der Waals surface area contributed by atoms with Crippen LogP contribution < -0.4 is 14.4 Å². The smallest absolute Gasteiger partial charge is 0.264 e. The van der Waals surface area contributed by atoms with E-state index in [4.69, 9.17) is 27.9 Å². The predicted octanol–water partition coefficient (Wildman–Crippen LogP) is 7.72. The van der Waals surface area contributed by atoms with Crippen LogP contribution in [0, 0.1) is 5.92 Å². The summed E-state index contributed by atoms with van der Waals surface area (Å²) in [6, 6.07) is 26.4. The number of halogens is 2. The Hall–Kier alpha value is -3.70. The van der Waals surface area contributed by atoms with E-state index in [1.54, 1.807) is 61.5 Å². The van der Waals surface area contributed by atoms with Gasteiger partial charge in [0.15, 0.2) is 0 Å². The van der Waals surface area contributed by atoms with Crippen LogP contribution in [0.15, 0.2) is 107 Å². The van der Waals surface area contributed by atoms with Gasteiger partial charge in [-0.25, -0.2) is 8.42 Å². The maximum absolute atomic E-state index is 14.8. The molecular weight excluding hydrogens is 701 g/mol. The normalized spacial score (nSPS) is 12.0. The molecule has 0 spiro atoms. The van der Waals surface area contributed by atoms with Gasteiger partial charge in [-0.05, 0) is 73.2 Å². The number of sulfonamides is 1. The number of benzene rings is 4. The first-order valence-electron chi connectivity index (χ1n) is 15.9. The molecule has 12 heteroatoms. The first kappa shape index (κ1) is 38.1. The van der Waals surface area contributed by atoms with Crippen molar-refractivity contribution < 1.29 is 22.7 Å². The van der Waals surface area contributed by atoms with E-state index in [2.05, 4.69) is 5.32 Å². The lowest BCUT2D eigenvalue weighted by Crippen LogP contribution is -2.53. The van der Waals surface area contributed by atoms with E-state index in [0.29, 0.717) is 27.9 Å². The minimum absolute atomic E-state index is 0.000566. The number of nitrogens with one attached hydrogen (secondary N) is 1. The number of thioether (sulfide) groups is 1. The van der Waals surface area contributed by atoms with Crippen molar-refractivity contribution in [3.63, 3.8) is 0 Å². The van der Waals surface area contributed by atoms with Gasteiger partial charge < -0.3 is 15.0 Å². The number of hydrogen-bond acceptors (Lipinski definition) is 6. The van der Waals surface area contributed by atoms with Crippen LogP contribution in [0.3, 0.4) is 0 Å². The molecule has 4 aromatic rings. The molecule has 0 aromatic heterocycles. The van der Waals surface area contributed by atoms with Crippen LogP contribution in [0.2, 0.25) is 10.0 Å². The van der Waals surface area contributed by atoms with Gasteiger partial charge in [0.1, 0.15) is 18.3 Å². The Morgan fingerprint density at radius 3 is 2.12 bits per heavy atom. The average molecular weight is 743 g/mol. The maximum atomic E-state index is 14.8. The Morgan fingerprint density at radius 1 is 0.878 bits per heavy atom. The lowest BCUT2D eigenvalue weighted by molar-refractivity contribution is -0.140. The number of carbonyl (C=O) groups excluding carboxylic acids is 2. The lowest BCUT2D eigenvalue weighted by atomic mass is 10.0. The first-order valence-corrected chi connectivity index (χ1v) is 19.3. The van der Waals surface area contributed by atoms with Gasteiger partial charge in [-0.1, -0.05) is 85.6 Å². The van der Waals surface area contributed by atoms with E-state index < -0.39 is 28.5 Å². The number of amides is 2. The van der Waals surface area contributed by atoms with Gasteiger partial charge in [-0.15, -0.1) is 11.8 Å². The van der Waals surface area contributed by atoms with E-state index >= 15 is 0 Å². The van der Waals surface area contributed by atoms with E-state index in [0.717, 1.165) is 14.8 Å². The summed E-state index contributed by atoms with van der Waals surface area (Å²) in [5, 5.41) is 3.60. The zero-order chi connectivity index (χ0) is 35.6. The zero-order valence-corrected chi connectivity index (χ0v) is 31.1. The number of anilines is 1. The number of ether oxygens (including phenoxy) is 1. The molecule has 4 aromatic carbocycles. The summed E-state index contributed by atoms with van der Waals surface area (Å²) in [7, 11) is -4.32. The maximum Gasteiger partial charge on any atom is 0.264 e. The van der Waals surface area contributed by atoms with Crippen LogP contribution in [0.5, 0.6) is 5.75 Å². The Bertz CT molecular complexity index is 1800. The molecule has 49 heavy (non-hydrogen) atoms. The number of para-hydroxylation sites is 2. The van der Waals surface area contributed by atoms with Crippen LogP contribution in [0.1, 0.15) is 31.9 Å². The van der Waals surface area contributed by atoms with Gasteiger partial charge >= 0.3 is 0 Å². The Kier molecular flexibility index (Phi) is 13.8. The zero-order valence-electron chi connectivity index (χ0n) is 27.9. The van der Waals surface area contributed by atoms with Gasteiger partial charge in [0.2, 0.25) is 11.8 Å². The van der Waals surface area contributed by atoms with Crippen LogP contribution in [-0.2, 0) is 32.6 Å². The number of hydrogen-bond donors (Lipinski definition) is 1. The molecule has 1 N–H and O–H groups in total. The van der Waals surface area contributed by atoms with Crippen molar-refractivity contribution in [3.8, 4) is 5.75 Å². The average Bonchev–Trinajstić information content (AvgIpc) is 3.09. The molecule has 0 aliphatic heterocycles.